The van der Waals surface area contributed by atoms with E-state index in [2.05, 4.69) is 5.32 Å². The number of amides is 1. The topological polar surface area (TPSA) is 49.3 Å². The Kier molecular flexibility index (Phi) is 4.47. The molecule has 1 aliphatic heterocycles. The van der Waals surface area contributed by atoms with Crippen molar-refractivity contribution in [2.75, 3.05) is 16.8 Å². The molecule has 0 aromatic heterocycles. The molecule has 18 heavy (non-hydrogen) atoms. The van der Waals surface area contributed by atoms with Crippen LogP contribution in [0.5, 0.6) is 5.75 Å². The molecule has 1 aromatic carbocycles. The van der Waals surface area contributed by atoms with Crippen molar-refractivity contribution in [3.05, 3.63) is 24.0 Å². The molecule has 1 amide bonds. The normalized spacial score (nSPS) is 16.5. The number of nitrogens with one attached hydrogen (secondary N) is 1. The molecule has 1 heterocycles. The first-order valence-corrected chi connectivity index (χ1v) is 7.17. The molecule has 0 atom stereocenters. The lowest BCUT2D eigenvalue weighted by molar-refractivity contribution is -0.117. The smallest absolute Gasteiger partial charge is 0.224 e. The van der Waals surface area contributed by atoms with Gasteiger partial charge < -0.3 is 10.4 Å². The minimum Gasteiger partial charge on any atom is -0.505 e. The van der Waals surface area contributed by atoms with E-state index in [9.17, 15) is 9.18 Å². The summed E-state index contributed by atoms with van der Waals surface area (Å²) in [4.78, 5) is 11.8. The average Bonchev–Trinajstić information content (AvgIpc) is 2.35. The highest BCUT2D eigenvalue weighted by atomic mass is 32.2. The maximum Gasteiger partial charge on any atom is 0.224 e. The van der Waals surface area contributed by atoms with Crippen LogP contribution in [0.2, 0.25) is 0 Å². The summed E-state index contributed by atoms with van der Waals surface area (Å²) < 4.78 is 13.1. The highest BCUT2D eigenvalue weighted by molar-refractivity contribution is 7.99. The van der Waals surface area contributed by atoms with Gasteiger partial charge in [0.25, 0.3) is 0 Å². The Bertz CT molecular complexity index is 433. The Balaban J connectivity index is 1.88. The van der Waals surface area contributed by atoms with Gasteiger partial charge in [0.1, 0.15) is 0 Å². The van der Waals surface area contributed by atoms with Crippen molar-refractivity contribution in [3.8, 4) is 5.75 Å². The number of hydrogen-bond donors (Lipinski definition) is 2. The molecule has 0 aliphatic carbocycles. The number of aromatic hydroxyl groups is 1. The molecular formula is C13H16FNO2S. The molecule has 1 aromatic rings. The fourth-order valence-electron chi connectivity index (χ4n) is 2.01. The SMILES string of the molecule is O=C(CC1CCSCC1)Nc1ccc(O)c(F)c1. The summed E-state index contributed by atoms with van der Waals surface area (Å²) in [6, 6.07) is 3.86. The van der Waals surface area contributed by atoms with Crippen molar-refractivity contribution in [3.63, 3.8) is 0 Å². The molecule has 1 fully saturated rings. The van der Waals surface area contributed by atoms with E-state index in [1.165, 1.54) is 12.1 Å². The predicted octanol–water partition coefficient (Wildman–Crippen LogP) is 3.00. The lowest BCUT2D eigenvalue weighted by atomic mass is 9.98. The molecule has 98 valence electrons. The Morgan fingerprint density at radius 3 is 2.83 bits per heavy atom. The third kappa shape index (κ3) is 3.63. The number of phenols is 1. The average molecular weight is 269 g/mol. The van der Waals surface area contributed by atoms with Crippen LogP contribution in [-0.4, -0.2) is 22.5 Å². The summed E-state index contributed by atoms with van der Waals surface area (Å²) in [6.45, 7) is 0. The van der Waals surface area contributed by atoms with E-state index in [-0.39, 0.29) is 5.91 Å². The molecule has 1 aliphatic rings. The van der Waals surface area contributed by atoms with E-state index in [0.29, 0.717) is 18.0 Å². The number of phenolic OH excluding ortho intramolecular Hbond substituents is 1. The molecule has 1 saturated heterocycles. The standard InChI is InChI=1S/C13H16FNO2S/c14-11-8-10(1-2-12(11)16)15-13(17)7-9-3-5-18-6-4-9/h1-2,8-9,16H,3-7H2,(H,15,17). The van der Waals surface area contributed by atoms with Crippen LogP contribution in [0.1, 0.15) is 19.3 Å². The van der Waals surface area contributed by atoms with Gasteiger partial charge in [-0.25, -0.2) is 4.39 Å². The van der Waals surface area contributed by atoms with Crippen molar-refractivity contribution < 1.29 is 14.3 Å². The molecule has 0 spiro atoms. The van der Waals surface area contributed by atoms with Gasteiger partial charge in [0.15, 0.2) is 11.6 Å². The Morgan fingerprint density at radius 1 is 1.44 bits per heavy atom. The fraction of sp³-hybridized carbons (Fsp3) is 0.462. The first-order chi connectivity index (χ1) is 8.65. The Hall–Kier alpha value is -1.23. The van der Waals surface area contributed by atoms with Crippen molar-refractivity contribution >= 4 is 23.4 Å². The molecule has 0 saturated carbocycles. The summed E-state index contributed by atoms with van der Waals surface area (Å²) in [5, 5.41) is 11.7. The van der Waals surface area contributed by atoms with Gasteiger partial charge in [0, 0.05) is 18.2 Å². The monoisotopic (exact) mass is 269 g/mol. The molecule has 2 rings (SSSR count). The second-order valence-corrected chi connectivity index (χ2v) is 5.70. The number of halogens is 1. The maximum absolute atomic E-state index is 13.1. The van der Waals surface area contributed by atoms with Crippen LogP contribution in [0.3, 0.4) is 0 Å². The molecule has 5 heteroatoms. The molecular weight excluding hydrogens is 253 g/mol. The van der Waals surface area contributed by atoms with Crippen LogP contribution in [0.15, 0.2) is 18.2 Å². The zero-order chi connectivity index (χ0) is 13.0. The van der Waals surface area contributed by atoms with Crippen LogP contribution < -0.4 is 5.32 Å². The maximum atomic E-state index is 13.1. The van der Waals surface area contributed by atoms with Crippen LogP contribution in [0.25, 0.3) is 0 Å². The molecule has 0 unspecified atom stereocenters. The van der Waals surface area contributed by atoms with E-state index < -0.39 is 11.6 Å². The predicted molar refractivity (Wildman–Crippen MR) is 71.4 cm³/mol. The number of thioether (sulfide) groups is 1. The van der Waals surface area contributed by atoms with Gasteiger partial charge in [-0.2, -0.15) is 11.8 Å². The first kappa shape index (κ1) is 13.2. The second kappa shape index (κ2) is 6.09. The third-order valence-electron chi connectivity index (χ3n) is 3.05. The van der Waals surface area contributed by atoms with E-state index in [1.807, 2.05) is 11.8 Å². The number of rotatable bonds is 3. The van der Waals surface area contributed by atoms with Gasteiger partial charge >= 0.3 is 0 Å². The van der Waals surface area contributed by atoms with Crippen molar-refractivity contribution in [1.29, 1.82) is 0 Å². The van der Waals surface area contributed by atoms with E-state index in [1.54, 1.807) is 0 Å². The highest BCUT2D eigenvalue weighted by Gasteiger charge is 2.17. The second-order valence-electron chi connectivity index (χ2n) is 4.47. The van der Waals surface area contributed by atoms with Gasteiger partial charge in [-0.1, -0.05) is 0 Å². The van der Waals surface area contributed by atoms with E-state index in [0.717, 1.165) is 30.4 Å². The van der Waals surface area contributed by atoms with Gasteiger partial charge in [-0.05, 0) is 42.4 Å². The molecule has 0 radical (unpaired) electrons. The minimum atomic E-state index is -0.720. The van der Waals surface area contributed by atoms with Gasteiger partial charge in [-0.15, -0.1) is 0 Å². The number of hydrogen-bond acceptors (Lipinski definition) is 3. The van der Waals surface area contributed by atoms with Crippen molar-refractivity contribution in [2.24, 2.45) is 5.92 Å². The third-order valence-corrected chi connectivity index (χ3v) is 4.10. The van der Waals surface area contributed by atoms with E-state index in [4.69, 9.17) is 5.11 Å². The zero-order valence-corrected chi connectivity index (χ0v) is 10.8. The van der Waals surface area contributed by atoms with E-state index >= 15 is 0 Å². The lowest BCUT2D eigenvalue weighted by Gasteiger charge is -2.20. The number of benzene rings is 1. The summed E-state index contributed by atoms with van der Waals surface area (Å²) in [6.07, 6.45) is 2.63. The molecule has 0 bridgehead atoms. The lowest BCUT2D eigenvalue weighted by Crippen LogP contribution is -2.19. The minimum absolute atomic E-state index is 0.0861. The van der Waals surface area contributed by atoms with Crippen molar-refractivity contribution in [2.45, 2.75) is 19.3 Å². The summed E-state index contributed by atoms with van der Waals surface area (Å²) in [5.74, 6) is 1.46. The summed E-state index contributed by atoms with van der Waals surface area (Å²) in [7, 11) is 0. The number of anilines is 1. The Labute approximate surface area is 110 Å². The summed E-state index contributed by atoms with van der Waals surface area (Å²) in [5.41, 5.74) is 0.389. The number of carbonyl (C=O) groups is 1. The van der Waals surface area contributed by atoms with Gasteiger partial charge in [0.2, 0.25) is 5.91 Å². The van der Waals surface area contributed by atoms with Crippen LogP contribution in [0.4, 0.5) is 10.1 Å². The largest absolute Gasteiger partial charge is 0.505 e. The van der Waals surface area contributed by atoms with Gasteiger partial charge in [-0.3, -0.25) is 4.79 Å². The molecule has 3 nitrogen and oxygen atoms in total. The number of carbonyl (C=O) groups excluding carboxylic acids is 1. The van der Waals surface area contributed by atoms with Crippen LogP contribution in [0, 0.1) is 11.7 Å². The van der Waals surface area contributed by atoms with Crippen LogP contribution >= 0.6 is 11.8 Å². The Morgan fingerprint density at radius 2 is 2.17 bits per heavy atom. The molecule has 2 N–H and O–H groups in total. The van der Waals surface area contributed by atoms with Gasteiger partial charge in [0.05, 0.1) is 0 Å². The highest BCUT2D eigenvalue weighted by Crippen LogP contribution is 2.26. The zero-order valence-electron chi connectivity index (χ0n) is 9.99. The van der Waals surface area contributed by atoms with Crippen LogP contribution in [-0.2, 0) is 4.79 Å². The first-order valence-electron chi connectivity index (χ1n) is 6.01. The van der Waals surface area contributed by atoms with Crippen molar-refractivity contribution in [1.82, 2.24) is 0 Å². The summed E-state index contributed by atoms with van der Waals surface area (Å²) >= 11 is 1.92. The fourth-order valence-corrected chi connectivity index (χ4v) is 3.21. The quantitative estimate of drug-likeness (QED) is 0.829.